The van der Waals surface area contributed by atoms with Crippen LogP contribution in [0.3, 0.4) is 0 Å². The van der Waals surface area contributed by atoms with Gasteiger partial charge in [0.05, 0.1) is 0 Å². The maximum Gasteiger partial charge on any atom is 0.104 e. The number of hydrogen-bond acceptors (Lipinski definition) is 3. The van der Waals surface area contributed by atoms with E-state index in [9.17, 15) is 5.11 Å². The predicted octanol–water partition coefficient (Wildman–Crippen LogP) is 3.69. The lowest BCUT2D eigenvalue weighted by Crippen LogP contribution is -2.35. The van der Waals surface area contributed by atoms with Crippen LogP contribution in [0.4, 0.5) is 5.69 Å². The van der Waals surface area contributed by atoms with E-state index in [4.69, 9.17) is 0 Å². The van der Waals surface area contributed by atoms with Crippen LogP contribution in [-0.4, -0.2) is 42.2 Å². The highest BCUT2D eigenvalue weighted by atomic mass is 16.3. The summed E-state index contributed by atoms with van der Waals surface area (Å²) in [4.78, 5) is 5.01. The van der Waals surface area contributed by atoms with Crippen LogP contribution in [0.1, 0.15) is 37.5 Å². The Morgan fingerprint density at radius 1 is 0.792 bits per heavy atom. The molecule has 0 amide bonds. The summed E-state index contributed by atoms with van der Waals surface area (Å²) in [6.07, 6.45) is 0.646. The summed E-state index contributed by atoms with van der Waals surface area (Å²) in [6.45, 7) is 9.01. The lowest BCUT2D eigenvalue weighted by Gasteiger charge is -2.26. The Morgan fingerprint density at radius 2 is 1.46 bits per heavy atom. The molecular formula is C21H28N2O. The van der Waals surface area contributed by atoms with Crippen LogP contribution in [0.5, 0.6) is 0 Å². The third kappa shape index (κ3) is 3.97. The van der Waals surface area contributed by atoms with Crippen molar-refractivity contribution in [3.63, 3.8) is 0 Å². The molecule has 24 heavy (non-hydrogen) atoms. The molecule has 3 heteroatoms. The summed E-state index contributed by atoms with van der Waals surface area (Å²) in [5, 5.41) is 10.5. The standard InChI is InChI=1S/C21H28N2O/c1-17(2)22-13-6-14-23(16-15-22)20-11-9-19(10-12-20)21(24)18-7-4-3-5-8-18/h3-5,7-12,17,21,24H,6,13-16H2,1-2H3. The molecular weight excluding hydrogens is 296 g/mol. The van der Waals surface area contributed by atoms with Crippen molar-refractivity contribution in [1.29, 1.82) is 0 Å². The third-order valence-electron chi connectivity index (χ3n) is 4.95. The molecule has 0 aliphatic carbocycles. The minimum atomic E-state index is -0.555. The maximum atomic E-state index is 10.5. The Morgan fingerprint density at radius 3 is 2.12 bits per heavy atom. The first-order valence-electron chi connectivity index (χ1n) is 8.97. The lowest BCUT2D eigenvalue weighted by atomic mass is 10.0. The number of hydrogen-bond donors (Lipinski definition) is 1. The number of anilines is 1. The van der Waals surface area contributed by atoms with Crippen LogP contribution in [0, 0.1) is 0 Å². The number of rotatable bonds is 4. The van der Waals surface area contributed by atoms with Gasteiger partial charge in [-0.1, -0.05) is 42.5 Å². The SMILES string of the molecule is CC(C)N1CCCN(c2ccc(C(O)c3ccccc3)cc2)CC1. The Balaban J connectivity index is 1.68. The van der Waals surface area contributed by atoms with Crippen LogP contribution in [0.15, 0.2) is 54.6 Å². The molecule has 1 atom stereocenters. The van der Waals surface area contributed by atoms with Crippen LogP contribution in [0.2, 0.25) is 0 Å². The molecule has 1 aliphatic rings. The summed E-state index contributed by atoms with van der Waals surface area (Å²) in [5.74, 6) is 0. The van der Waals surface area contributed by atoms with Gasteiger partial charge in [-0.2, -0.15) is 0 Å². The number of benzene rings is 2. The molecule has 1 unspecified atom stereocenters. The minimum absolute atomic E-state index is 0.555. The summed E-state index contributed by atoms with van der Waals surface area (Å²) in [7, 11) is 0. The Hall–Kier alpha value is -1.84. The van der Waals surface area contributed by atoms with Crippen LogP contribution in [0.25, 0.3) is 0 Å². The van der Waals surface area contributed by atoms with E-state index in [-0.39, 0.29) is 0 Å². The molecule has 3 rings (SSSR count). The molecule has 1 heterocycles. The predicted molar refractivity (Wildman–Crippen MR) is 100 cm³/mol. The highest BCUT2D eigenvalue weighted by molar-refractivity contribution is 5.49. The summed E-state index contributed by atoms with van der Waals surface area (Å²) < 4.78 is 0. The molecule has 0 saturated carbocycles. The van der Waals surface area contributed by atoms with Crippen molar-refractivity contribution in [3.05, 3.63) is 65.7 Å². The smallest absolute Gasteiger partial charge is 0.104 e. The van der Waals surface area contributed by atoms with E-state index in [2.05, 4.69) is 47.9 Å². The quantitative estimate of drug-likeness (QED) is 0.929. The highest BCUT2D eigenvalue weighted by Gasteiger charge is 2.17. The second-order valence-electron chi connectivity index (χ2n) is 6.88. The molecule has 0 bridgehead atoms. The first-order valence-corrected chi connectivity index (χ1v) is 8.97. The van der Waals surface area contributed by atoms with Gasteiger partial charge in [-0.3, -0.25) is 4.90 Å². The zero-order valence-electron chi connectivity index (χ0n) is 14.7. The molecule has 1 saturated heterocycles. The Labute approximate surface area is 145 Å². The number of nitrogens with zero attached hydrogens (tertiary/aromatic N) is 2. The molecule has 128 valence electrons. The van der Waals surface area contributed by atoms with E-state index in [0.717, 1.165) is 30.8 Å². The average Bonchev–Trinajstić information content (AvgIpc) is 2.88. The van der Waals surface area contributed by atoms with Crippen molar-refractivity contribution in [2.75, 3.05) is 31.1 Å². The molecule has 0 spiro atoms. The van der Waals surface area contributed by atoms with E-state index in [0.29, 0.717) is 6.04 Å². The van der Waals surface area contributed by atoms with E-state index < -0.39 is 6.10 Å². The van der Waals surface area contributed by atoms with Gasteiger partial charge in [0.15, 0.2) is 0 Å². The van der Waals surface area contributed by atoms with Gasteiger partial charge in [0.1, 0.15) is 6.10 Å². The fourth-order valence-electron chi connectivity index (χ4n) is 3.41. The van der Waals surface area contributed by atoms with E-state index >= 15 is 0 Å². The molecule has 2 aromatic rings. The molecule has 0 radical (unpaired) electrons. The summed E-state index contributed by atoms with van der Waals surface area (Å²) in [6, 6.07) is 18.8. The zero-order valence-corrected chi connectivity index (χ0v) is 14.7. The second kappa shape index (κ2) is 7.82. The molecule has 1 fully saturated rings. The number of aliphatic hydroxyl groups is 1. The highest BCUT2D eigenvalue weighted by Crippen LogP contribution is 2.25. The van der Waals surface area contributed by atoms with Crippen LogP contribution < -0.4 is 4.90 Å². The van der Waals surface area contributed by atoms with Crippen LogP contribution >= 0.6 is 0 Å². The molecule has 1 aliphatic heterocycles. The topological polar surface area (TPSA) is 26.7 Å². The van der Waals surface area contributed by atoms with Crippen LogP contribution in [-0.2, 0) is 0 Å². The van der Waals surface area contributed by atoms with Gasteiger partial charge >= 0.3 is 0 Å². The van der Waals surface area contributed by atoms with Gasteiger partial charge in [0.25, 0.3) is 0 Å². The van der Waals surface area contributed by atoms with E-state index in [1.54, 1.807) is 0 Å². The van der Waals surface area contributed by atoms with Gasteiger partial charge in [0.2, 0.25) is 0 Å². The van der Waals surface area contributed by atoms with Crippen molar-refractivity contribution in [2.24, 2.45) is 0 Å². The van der Waals surface area contributed by atoms with Gasteiger partial charge in [-0.25, -0.2) is 0 Å². The van der Waals surface area contributed by atoms with Crippen molar-refractivity contribution >= 4 is 5.69 Å². The zero-order chi connectivity index (χ0) is 16.9. The third-order valence-corrected chi connectivity index (χ3v) is 4.95. The molecule has 3 nitrogen and oxygen atoms in total. The van der Waals surface area contributed by atoms with Gasteiger partial charge in [0, 0.05) is 37.9 Å². The summed E-state index contributed by atoms with van der Waals surface area (Å²) >= 11 is 0. The van der Waals surface area contributed by atoms with E-state index in [1.807, 2.05) is 30.3 Å². The first-order chi connectivity index (χ1) is 11.6. The Kier molecular flexibility index (Phi) is 5.54. The normalized spacial score (nSPS) is 17.8. The average molecular weight is 324 g/mol. The van der Waals surface area contributed by atoms with Gasteiger partial charge in [-0.15, -0.1) is 0 Å². The minimum Gasteiger partial charge on any atom is -0.384 e. The monoisotopic (exact) mass is 324 g/mol. The largest absolute Gasteiger partial charge is 0.384 e. The van der Waals surface area contributed by atoms with E-state index in [1.165, 1.54) is 18.7 Å². The molecule has 0 aromatic heterocycles. The summed E-state index contributed by atoms with van der Waals surface area (Å²) in [5.41, 5.74) is 3.14. The molecule has 1 N–H and O–H groups in total. The molecule has 2 aromatic carbocycles. The van der Waals surface area contributed by atoms with Crippen molar-refractivity contribution < 1.29 is 5.11 Å². The number of aliphatic hydroxyl groups excluding tert-OH is 1. The lowest BCUT2D eigenvalue weighted by molar-refractivity contribution is 0.220. The van der Waals surface area contributed by atoms with Crippen molar-refractivity contribution in [2.45, 2.75) is 32.4 Å². The maximum absolute atomic E-state index is 10.5. The van der Waals surface area contributed by atoms with Gasteiger partial charge in [-0.05, 0) is 43.5 Å². The van der Waals surface area contributed by atoms with Gasteiger partial charge < -0.3 is 10.0 Å². The fourth-order valence-corrected chi connectivity index (χ4v) is 3.41. The second-order valence-corrected chi connectivity index (χ2v) is 6.88. The van der Waals surface area contributed by atoms with Crippen molar-refractivity contribution in [3.8, 4) is 0 Å². The fraction of sp³-hybridized carbons (Fsp3) is 0.429. The Bertz CT molecular complexity index is 624. The first kappa shape index (κ1) is 17.0. The van der Waals surface area contributed by atoms with Crippen molar-refractivity contribution in [1.82, 2.24) is 4.90 Å².